The lowest BCUT2D eigenvalue weighted by molar-refractivity contribution is 0.142. The van der Waals surface area contributed by atoms with Gasteiger partial charge in [-0.3, -0.25) is 4.90 Å². The van der Waals surface area contributed by atoms with E-state index in [0.29, 0.717) is 6.04 Å². The summed E-state index contributed by atoms with van der Waals surface area (Å²) < 4.78 is 0. The van der Waals surface area contributed by atoms with E-state index in [4.69, 9.17) is 5.73 Å². The fourth-order valence-electron chi connectivity index (χ4n) is 2.74. The quantitative estimate of drug-likeness (QED) is 0.734. The van der Waals surface area contributed by atoms with Gasteiger partial charge < -0.3 is 5.73 Å². The zero-order valence-electron chi connectivity index (χ0n) is 10.00. The lowest BCUT2D eigenvalue weighted by Crippen LogP contribution is -2.45. The van der Waals surface area contributed by atoms with E-state index < -0.39 is 0 Å². The molecule has 2 unspecified atom stereocenters. The van der Waals surface area contributed by atoms with Crippen LogP contribution in [-0.2, 0) is 0 Å². The van der Waals surface area contributed by atoms with Crippen LogP contribution in [0.5, 0.6) is 0 Å². The lowest BCUT2D eigenvalue weighted by Gasteiger charge is -2.34. The molecule has 0 aliphatic carbocycles. The molecule has 2 nitrogen and oxygen atoms in total. The summed E-state index contributed by atoms with van der Waals surface area (Å²) in [7, 11) is 0. The largest absolute Gasteiger partial charge is 0.329 e. The van der Waals surface area contributed by atoms with Gasteiger partial charge in [-0.25, -0.2) is 0 Å². The van der Waals surface area contributed by atoms with Gasteiger partial charge in [0.05, 0.1) is 0 Å². The van der Waals surface area contributed by atoms with Gasteiger partial charge >= 0.3 is 0 Å². The van der Waals surface area contributed by atoms with Crippen LogP contribution < -0.4 is 5.73 Å². The summed E-state index contributed by atoms with van der Waals surface area (Å²) in [5.74, 6) is 0.781. The minimum absolute atomic E-state index is 0.634. The molecule has 0 radical (unpaired) electrons. The highest BCUT2D eigenvalue weighted by molar-refractivity contribution is 4.86. The summed E-state index contributed by atoms with van der Waals surface area (Å²) in [5, 5.41) is 0. The van der Waals surface area contributed by atoms with Gasteiger partial charge in [-0.15, -0.1) is 0 Å². The molecule has 0 aromatic heterocycles. The molecule has 0 amide bonds. The Kier molecular flexibility index (Phi) is 4.90. The zero-order chi connectivity index (χ0) is 10.6. The Morgan fingerprint density at radius 3 is 2.64 bits per heavy atom. The first-order valence-electron chi connectivity index (χ1n) is 6.16. The Morgan fingerprint density at radius 2 is 2.14 bits per heavy atom. The van der Waals surface area contributed by atoms with Crippen molar-refractivity contribution in [2.75, 3.05) is 13.1 Å². The van der Waals surface area contributed by atoms with E-state index in [0.717, 1.165) is 18.5 Å². The van der Waals surface area contributed by atoms with Crippen LogP contribution >= 0.6 is 0 Å². The number of nitrogens with two attached hydrogens (primary N) is 1. The van der Waals surface area contributed by atoms with Crippen molar-refractivity contribution < 1.29 is 0 Å². The Morgan fingerprint density at radius 1 is 1.43 bits per heavy atom. The van der Waals surface area contributed by atoms with Gasteiger partial charge in [0.25, 0.3) is 0 Å². The summed E-state index contributed by atoms with van der Waals surface area (Å²) in [5.41, 5.74) is 5.86. The molecule has 2 heteroatoms. The van der Waals surface area contributed by atoms with Crippen molar-refractivity contribution >= 4 is 0 Å². The Labute approximate surface area is 88.8 Å². The molecule has 0 bridgehead atoms. The Bertz CT molecular complexity index is 156. The van der Waals surface area contributed by atoms with E-state index >= 15 is 0 Å². The highest BCUT2D eigenvalue weighted by Crippen LogP contribution is 2.26. The summed E-state index contributed by atoms with van der Waals surface area (Å²) in [6.07, 6.45) is 5.25. The van der Waals surface area contributed by atoms with Crippen molar-refractivity contribution in [2.24, 2.45) is 11.7 Å². The van der Waals surface area contributed by atoms with Crippen LogP contribution in [0.3, 0.4) is 0 Å². The monoisotopic (exact) mass is 198 g/mol. The van der Waals surface area contributed by atoms with Crippen LogP contribution in [0, 0.1) is 5.92 Å². The van der Waals surface area contributed by atoms with Crippen molar-refractivity contribution in [3.63, 3.8) is 0 Å². The van der Waals surface area contributed by atoms with Crippen molar-refractivity contribution in [2.45, 2.75) is 58.5 Å². The van der Waals surface area contributed by atoms with Crippen LogP contribution in [0.2, 0.25) is 0 Å². The lowest BCUT2D eigenvalue weighted by atomic mass is 9.99. The molecule has 1 aliphatic rings. The molecule has 1 aliphatic heterocycles. The van der Waals surface area contributed by atoms with Gasteiger partial charge in [-0.2, -0.15) is 0 Å². The first kappa shape index (κ1) is 12.0. The molecule has 0 aromatic carbocycles. The number of nitrogens with zero attached hydrogens (tertiary/aromatic N) is 1. The minimum Gasteiger partial charge on any atom is -0.329 e. The standard InChI is InChI=1S/C12H26N2/c1-4-6-11(9-13)14-8-5-7-12(14)10(2)3/h10-12H,4-9,13H2,1-3H3. The van der Waals surface area contributed by atoms with E-state index in [2.05, 4.69) is 25.7 Å². The smallest absolute Gasteiger partial charge is 0.0221 e. The maximum absolute atomic E-state index is 5.86. The number of likely N-dealkylation sites (tertiary alicyclic amines) is 1. The van der Waals surface area contributed by atoms with Gasteiger partial charge in [0.15, 0.2) is 0 Å². The van der Waals surface area contributed by atoms with Crippen molar-refractivity contribution in [1.82, 2.24) is 4.90 Å². The molecule has 14 heavy (non-hydrogen) atoms. The average Bonchev–Trinajstić information content (AvgIpc) is 2.62. The molecule has 0 spiro atoms. The van der Waals surface area contributed by atoms with Crippen molar-refractivity contribution in [1.29, 1.82) is 0 Å². The minimum atomic E-state index is 0.634. The third-order valence-electron chi connectivity index (χ3n) is 3.47. The maximum Gasteiger partial charge on any atom is 0.0221 e. The van der Waals surface area contributed by atoms with Gasteiger partial charge in [0, 0.05) is 18.6 Å². The molecular formula is C12H26N2. The molecule has 1 fully saturated rings. The predicted octanol–water partition coefficient (Wildman–Crippen LogP) is 2.23. The summed E-state index contributed by atoms with van der Waals surface area (Å²) in [4.78, 5) is 2.66. The van der Waals surface area contributed by atoms with Crippen molar-refractivity contribution in [3.8, 4) is 0 Å². The van der Waals surface area contributed by atoms with Crippen LogP contribution in [0.1, 0.15) is 46.5 Å². The molecule has 0 saturated carbocycles. The second kappa shape index (κ2) is 5.72. The molecule has 1 rings (SSSR count). The summed E-state index contributed by atoms with van der Waals surface area (Å²) in [6.45, 7) is 9.02. The molecule has 2 atom stereocenters. The maximum atomic E-state index is 5.86. The van der Waals surface area contributed by atoms with Gasteiger partial charge in [0.1, 0.15) is 0 Å². The number of hydrogen-bond donors (Lipinski definition) is 1. The first-order valence-corrected chi connectivity index (χ1v) is 6.16. The first-order chi connectivity index (χ1) is 6.70. The SMILES string of the molecule is CCCC(CN)N1CCCC1C(C)C. The Hall–Kier alpha value is -0.0800. The summed E-state index contributed by atoms with van der Waals surface area (Å²) >= 11 is 0. The van der Waals surface area contributed by atoms with Crippen molar-refractivity contribution in [3.05, 3.63) is 0 Å². The van der Waals surface area contributed by atoms with E-state index in [9.17, 15) is 0 Å². The van der Waals surface area contributed by atoms with E-state index in [1.54, 1.807) is 0 Å². The van der Waals surface area contributed by atoms with Crippen LogP contribution in [0.4, 0.5) is 0 Å². The fourth-order valence-corrected chi connectivity index (χ4v) is 2.74. The normalized spacial score (nSPS) is 25.9. The van der Waals surface area contributed by atoms with Gasteiger partial charge in [-0.1, -0.05) is 27.2 Å². The van der Waals surface area contributed by atoms with E-state index in [-0.39, 0.29) is 0 Å². The molecule has 2 N–H and O–H groups in total. The van der Waals surface area contributed by atoms with Crippen LogP contribution in [0.25, 0.3) is 0 Å². The molecular weight excluding hydrogens is 172 g/mol. The van der Waals surface area contributed by atoms with Gasteiger partial charge in [0.2, 0.25) is 0 Å². The van der Waals surface area contributed by atoms with Gasteiger partial charge in [-0.05, 0) is 31.7 Å². The predicted molar refractivity (Wildman–Crippen MR) is 62.3 cm³/mol. The summed E-state index contributed by atoms with van der Waals surface area (Å²) in [6, 6.07) is 1.42. The third-order valence-corrected chi connectivity index (χ3v) is 3.47. The third kappa shape index (κ3) is 2.71. The molecule has 1 saturated heterocycles. The zero-order valence-corrected chi connectivity index (χ0v) is 10.00. The molecule has 1 heterocycles. The van der Waals surface area contributed by atoms with E-state index in [1.807, 2.05) is 0 Å². The van der Waals surface area contributed by atoms with E-state index in [1.165, 1.54) is 32.2 Å². The second-order valence-electron chi connectivity index (χ2n) is 4.87. The van der Waals surface area contributed by atoms with Crippen LogP contribution in [0.15, 0.2) is 0 Å². The Balaban J connectivity index is 2.54. The number of rotatable bonds is 5. The average molecular weight is 198 g/mol. The fraction of sp³-hybridized carbons (Fsp3) is 1.00. The highest BCUT2D eigenvalue weighted by atomic mass is 15.2. The molecule has 84 valence electrons. The number of hydrogen-bond acceptors (Lipinski definition) is 2. The molecule has 0 aromatic rings. The second-order valence-corrected chi connectivity index (χ2v) is 4.87. The topological polar surface area (TPSA) is 29.3 Å². The van der Waals surface area contributed by atoms with Crippen LogP contribution in [-0.4, -0.2) is 30.1 Å². The highest BCUT2D eigenvalue weighted by Gasteiger charge is 2.31.